The summed E-state index contributed by atoms with van der Waals surface area (Å²) >= 11 is 6.53. The van der Waals surface area contributed by atoms with E-state index in [0.717, 1.165) is 37.3 Å². The molecule has 0 saturated heterocycles. The molecule has 2 nitrogen and oxygen atoms in total. The normalized spacial score (nSPS) is 23.7. The number of aliphatic imine (C=N–C) groups is 1. The summed E-state index contributed by atoms with van der Waals surface area (Å²) in [4.78, 5) is 6.95. The first-order chi connectivity index (χ1) is 17.4. The molecule has 1 heterocycles. The highest BCUT2D eigenvalue weighted by Gasteiger charge is 2.40. The monoisotopic (exact) mass is 492 g/mol. The summed E-state index contributed by atoms with van der Waals surface area (Å²) in [7, 11) is 0. The van der Waals surface area contributed by atoms with Crippen molar-refractivity contribution in [2.24, 2.45) is 10.4 Å². The van der Waals surface area contributed by atoms with Crippen LogP contribution in [0.2, 0.25) is 0 Å². The number of anilines is 2. The molecule has 3 heteroatoms. The maximum absolute atomic E-state index is 6.53. The van der Waals surface area contributed by atoms with E-state index in [-0.39, 0.29) is 11.3 Å². The Morgan fingerprint density at radius 3 is 2.47 bits per heavy atom. The number of halogens is 1. The molecular formula is C33H33ClN2. The number of nitrogens with zero attached hydrogens (tertiary/aromatic N) is 2. The van der Waals surface area contributed by atoms with Gasteiger partial charge >= 0.3 is 0 Å². The summed E-state index contributed by atoms with van der Waals surface area (Å²) < 4.78 is 0. The van der Waals surface area contributed by atoms with Gasteiger partial charge in [0.15, 0.2) is 0 Å². The van der Waals surface area contributed by atoms with E-state index >= 15 is 0 Å². The molecule has 1 unspecified atom stereocenters. The molecule has 3 aliphatic carbocycles. The van der Waals surface area contributed by atoms with Gasteiger partial charge in [-0.05, 0) is 83.9 Å². The summed E-state index contributed by atoms with van der Waals surface area (Å²) in [6, 6.07) is 17.7. The van der Waals surface area contributed by atoms with Crippen LogP contribution < -0.4 is 4.90 Å². The number of benzene rings is 2. The fraction of sp³-hybridized carbons (Fsp3) is 0.303. The van der Waals surface area contributed by atoms with Gasteiger partial charge in [0.2, 0.25) is 0 Å². The SMILES string of the molecule is CC1C=N/C=C\CN(c2ccccc2)c2cc(C3=CC4=C(CC3)C(C)(C)C3=C4C=C(Cl)CC3)ccc21. The zero-order valence-corrected chi connectivity index (χ0v) is 22.1. The topological polar surface area (TPSA) is 15.6 Å². The molecule has 0 fully saturated rings. The molecule has 0 radical (unpaired) electrons. The quantitative estimate of drug-likeness (QED) is 0.407. The molecule has 0 spiro atoms. The number of rotatable bonds is 2. The van der Waals surface area contributed by atoms with Gasteiger partial charge in [0, 0.05) is 46.7 Å². The molecular weight excluding hydrogens is 460 g/mol. The summed E-state index contributed by atoms with van der Waals surface area (Å²) in [6.07, 6.45) is 15.0. The van der Waals surface area contributed by atoms with Crippen molar-refractivity contribution in [2.75, 3.05) is 11.4 Å². The van der Waals surface area contributed by atoms with Crippen LogP contribution in [0.4, 0.5) is 11.4 Å². The largest absolute Gasteiger partial charge is 0.337 e. The van der Waals surface area contributed by atoms with Gasteiger partial charge in [-0.25, -0.2) is 0 Å². The molecule has 0 aromatic heterocycles. The van der Waals surface area contributed by atoms with Crippen molar-refractivity contribution in [2.45, 2.75) is 52.4 Å². The van der Waals surface area contributed by atoms with Crippen LogP contribution in [0.25, 0.3) is 5.57 Å². The molecule has 0 saturated carbocycles. The minimum absolute atomic E-state index is 0.135. The minimum atomic E-state index is 0.135. The van der Waals surface area contributed by atoms with Crippen molar-refractivity contribution in [3.63, 3.8) is 0 Å². The molecule has 2 aromatic carbocycles. The lowest BCUT2D eigenvalue weighted by Gasteiger charge is -2.30. The number of hydrogen-bond acceptors (Lipinski definition) is 2. The zero-order chi connectivity index (χ0) is 24.9. The van der Waals surface area contributed by atoms with Crippen molar-refractivity contribution < 1.29 is 0 Å². The Hall–Kier alpha value is -3.10. The molecule has 0 bridgehead atoms. The smallest absolute Gasteiger partial charge is 0.0458 e. The molecule has 2 aromatic rings. The first kappa shape index (κ1) is 23.3. The van der Waals surface area contributed by atoms with Crippen LogP contribution in [-0.4, -0.2) is 12.8 Å². The van der Waals surface area contributed by atoms with Crippen molar-refractivity contribution in [1.29, 1.82) is 0 Å². The summed E-state index contributed by atoms with van der Waals surface area (Å²) in [5.74, 6) is 0.232. The van der Waals surface area contributed by atoms with Gasteiger partial charge in [-0.1, -0.05) is 79.9 Å². The first-order valence-corrected chi connectivity index (χ1v) is 13.5. The van der Waals surface area contributed by atoms with Crippen molar-refractivity contribution in [3.05, 3.63) is 111 Å². The molecule has 6 rings (SSSR count). The maximum atomic E-state index is 6.53. The Bertz CT molecular complexity index is 1400. The lowest BCUT2D eigenvalue weighted by atomic mass is 9.74. The van der Waals surface area contributed by atoms with E-state index in [9.17, 15) is 0 Å². The van der Waals surface area contributed by atoms with Gasteiger partial charge in [-0.3, -0.25) is 4.99 Å². The number of hydrogen-bond donors (Lipinski definition) is 0. The lowest BCUT2D eigenvalue weighted by Crippen LogP contribution is -2.19. The Labute approximate surface area is 220 Å². The summed E-state index contributed by atoms with van der Waals surface area (Å²) in [5.41, 5.74) is 12.6. The molecule has 0 amide bonds. The van der Waals surface area contributed by atoms with Crippen LogP contribution >= 0.6 is 11.6 Å². The Morgan fingerprint density at radius 1 is 0.917 bits per heavy atom. The number of fused-ring (bicyclic) bond motifs is 2. The highest BCUT2D eigenvalue weighted by atomic mass is 35.5. The highest BCUT2D eigenvalue weighted by molar-refractivity contribution is 6.30. The molecule has 182 valence electrons. The van der Waals surface area contributed by atoms with Crippen LogP contribution in [0.3, 0.4) is 0 Å². The average Bonchev–Trinajstić information content (AvgIpc) is 3.15. The third kappa shape index (κ3) is 3.92. The van der Waals surface area contributed by atoms with Crippen LogP contribution in [-0.2, 0) is 0 Å². The van der Waals surface area contributed by atoms with E-state index in [1.54, 1.807) is 11.1 Å². The minimum Gasteiger partial charge on any atom is -0.337 e. The molecule has 0 N–H and O–H groups in total. The van der Waals surface area contributed by atoms with Crippen LogP contribution in [0.15, 0.2) is 105 Å². The molecule has 1 atom stereocenters. The maximum Gasteiger partial charge on any atom is 0.0458 e. The third-order valence-electron chi connectivity index (χ3n) is 8.37. The Morgan fingerprint density at radius 2 is 1.67 bits per heavy atom. The van der Waals surface area contributed by atoms with E-state index in [2.05, 4.69) is 97.4 Å². The van der Waals surface area contributed by atoms with Crippen LogP contribution in [0.5, 0.6) is 0 Å². The van der Waals surface area contributed by atoms with Crippen molar-refractivity contribution >= 4 is 34.8 Å². The van der Waals surface area contributed by atoms with Gasteiger partial charge < -0.3 is 4.90 Å². The lowest BCUT2D eigenvalue weighted by molar-refractivity contribution is 0.503. The van der Waals surface area contributed by atoms with E-state index < -0.39 is 0 Å². The summed E-state index contributed by atoms with van der Waals surface area (Å²) in [5, 5.41) is 0.984. The van der Waals surface area contributed by atoms with Crippen molar-refractivity contribution in [3.8, 4) is 0 Å². The molecule has 36 heavy (non-hydrogen) atoms. The standard InChI is InChI=1S/C33H33ClN2/c1-22-21-35-16-7-17-36(26-8-5-4-6-9-26)32-19-24(10-13-27(22)32)23-11-14-30-28(18-23)29-20-25(34)12-15-31(29)33(30,2)3/h4-10,13,16,18-22H,11-12,14-15,17H2,1-3H3/b16-7-,35-21?. The van der Waals surface area contributed by atoms with Gasteiger partial charge in [0.25, 0.3) is 0 Å². The third-order valence-corrected chi connectivity index (χ3v) is 8.66. The first-order valence-electron chi connectivity index (χ1n) is 13.1. The number of para-hydroxylation sites is 1. The number of allylic oxidation sites excluding steroid dienone is 8. The van der Waals surface area contributed by atoms with E-state index in [4.69, 9.17) is 11.6 Å². The fourth-order valence-electron chi connectivity index (χ4n) is 6.40. The van der Waals surface area contributed by atoms with Crippen molar-refractivity contribution in [1.82, 2.24) is 0 Å². The second-order valence-corrected chi connectivity index (χ2v) is 11.3. The van der Waals surface area contributed by atoms with E-state index in [1.807, 2.05) is 12.4 Å². The zero-order valence-electron chi connectivity index (χ0n) is 21.4. The van der Waals surface area contributed by atoms with Gasteiger partial charge in [-0.2, -0.15) is 0 Å². The van der Waals surface area contributed by atoms with E-state index in [0.29, 0.717) is 0 Å². The second-order valence-electron chi connectivity index (χ2n) is 10.9. The predicted molar refractivity (Wildman–Crippen MR) is 154 cm³/mol. The highest BCUT2D eigenvalue weighted by Crippen LogP contribution is 2.56. The predicted octanol–water partition coefficient (Wildman–Crippen LogP) is 9.25. The second kappa shape index (κ2) is 9.09. The van der Waals surface area contributed by atoms with Gasteiger partial charge in [0.05, 0.1) is 0 Å². The molecule has 4 aliphatic rings. The summed E-state index contributed by atoms with van der Waals surface area (Å²) in [6.45, 7) is 7.82. The Balaban J connectivity index is 1.46. The van der Waals surface area contributed by atoms with Crippen LogP contribution in [0, 0.1) is 5.41 Å². The van der Waals surface area contributed by atoms with Gasteiger partial charge in [0.1, 0.15) is 0 Å². The van der Waals surface area contributed by atoms with Gasteiger partial charge in [-0.15, -0.1) is 0 Å². The Kier molecular flexibility index (Phi) is 5.88. The van der Waals surface area contributed by atoms with Crippen LogP contribution in [0.1, 0.15) is 63.5 Å². The van der Waals surface area contributed by atoms with E-state index in [1.165, 1.54) is 39.2 Å². The molecule has 1 aliphatic heterocycles. The fourth-order valence-corrected chi connectivity index (χ4v) is 6.60. The average molecular weight is 493 g/mol.